The van der Waals surface area contributed by atoms with E-state index in [2.05, 4.69) is 36.3 Å². The van der Waals surface area contributed by atoms with E-state index in [0.29, 0.717) is 0 Å². The van der Waals surface area contributed by atoms with Crippen molar-refractivity contribution in [1.82, 2.24) is 0 Å². The van der Waals surface area contributed by atoms with E-state index in [-0.39, 0.29) is 0 Å². The molecule has 0 heterocycles. The Morgan fingerprint density at radius 3 is 2.47 bits per heavy atom. The maximum atomic E-state index is 5.19. The summed E-state index contributed by atoms with van der Waals surface area (Å²) in [6.07, 6.45) is 11.2. The Kier molecular flexibility index (Phi) is 6.86. The first-order chi connectivity index (χ1) is 7.43. The van der Waals surface area contributed by atoms with Crippen molar-refractivity contribution in [3.8, 4) is 12.3 Å². The van der Waals surface area contributed by atoms with Crippen molar-refractivity contribution in [3.05, 3.63) is 30.3 Å². The van der Waals surface area contributed by atoms with E-state index in [1.54, 1.807) is 0 Å². The van der Waals surface area contributed by atoms with Crippen molar-refractivity contribution in [3.63, 3.8) is 0 Å². The number of rotatable bonds is 7. The first-order valence-electron chi connectivity index (χ1n) is 5.55. The van der Waals surface area contributed by atoms with Crippen LogP contribution in [0.25, 0.3) is 0 Å². The zero-order valence-corrected chi connectivity index (χ0v) is 9.93. The van der Waals surface area contributed by atoms with Gasteiger partial charge in [-0.05, 0) is 30.7 Å². The summed E-state index contributed by atoms with van der Waals surface area (Å²) in [6.45, 7) is 0. The molecular formula is C14H18S. The molecule has 80 valence electrons. The van der Waals surface area contributed by atoms with Gasteiger partial charge in [0.15, 0.2) is 0 Å². The van der Waals surface area contributed by atoms with Gasteiger partial charge in [0, 0.05) is 11.3 Å². The van der Waals surface area contributed by atoms with Gasteiger partial charge in [-0.2, -0.15) is 0 Å². The Balaban J connectivity index is 1.96. The van der Waals surface area contributed by atoms with E-state index in [1.165, 1.54) is 36.3 Å². The number of unbranched alkanes of at least 4 members (excludes halogenated alkanes) is 4. The minimum Gasteiger partial charge on any atom is -0.126 e. The first-order valence-corrected chi connectivity index (χ1v) is 6.53. The molecule has 0 bridgehead atoms. The molecule has 1 aromatic carbocycles. The molecule has 1 rings (SSSR count). The molecule has 0 fully saturated rings. The molecule has 0 saturated heterocycles. The lowest BCUT2D eigenvalue weighted by Gasteiger charge is -2.00. The summed E-state index contributed by atoms with van der Waals surface area (Å²) < 4.78 is 0. The van der Waals surface area contributed by atoms with E-state index in [1.807, 2.05) is 11.8 Å². The third-order valence-corrected chi connectivity index (χ3v) is 3.33. The second kappa shape index (κ2) is 8.44. The minimum absolute atomic E-state index is 0.936. The van der Waals surface area contributed by atoms with Crippen LogP contribution >= 0.6 is 11.8 Å². The van der Waals surface area contributed by atoms with Crippen LogP contribution in [0.1, 0.15) is 32.1 Å². The summed E-state index contributed by atoms with van der Waals surface area (Å²) in [5.74, 6) is 3.90. The number of terminal acetylenes is 1. The fraction of sp³-hybridized carbons (Fsp3) is 0.429. The maximum absolute atomic E-state index is 5.19. The summed E-state index contributed by atoms with van der Waals surface area (Å²) in [5, 5.41) is 0. The van der Waals surface area contributed by atoms with Crippen LogP contribution in [0.2, 0.25) is 0 Å². The van der Waals surface area contributed by atoms with Crippen molar-refractivity contribution < 1.29 is 0 Å². The summed E-state index contributed by atoms with van der Waals surface area (Å²) in [4.78, 5) is 1.38. The maximum Gasteiger partial charge on any atom is 0.00860 e. The molecule has 0 N–H and O–H groups in total. The second-order valence-corrected chi connectivity index (χ2v) is 4.70. The van der Waals surface area contributed by atoms with Crippen LogP contribution in [0.15, 0.2) is 35.2 Å². The molecule has 15 heavy (non-hydrogen) atoms. The highest BCUT2D eigenvalue weighted by Crippen LogP contribution is 2.18. The fourth-order valence-electron chi connectivity index (χ4n) is 1.39. The lowest BCUT2D eigenvalue weighted by atomic mass is 10.2. The van der Waals surface area contributed by atoms with Gasteiger partial charge in [0.2, 0.25) is 0 Å². The molecule has 0 aliphatic rings. The molecule has 0 spiro atoms. The molecule has 1 aromatic rings. The molecule has 0 aliphatic carbocycles. The minimum atomic E-state index is 0.936. The lowest BCUT2D eigenvalue weighted by Crippen LogP contribution is -1.81. The molecule has 0 amide bonds. The summed E-state index contributed by atoms with van der Waals surface area (Å²) in [7, 11) is 0. The number of hydrogen-bond donors (Lipinski definition) is 0. The monoisotopic (exact) mass is 218 g/mol. The fourth-order valence-corrected chi connectivity index (χ4v) is 2.32. The van der Waals surface area contributed by atoms with E-state index < -0.39 is 0 Å². The highest BCUT2D eigenvalue weighted by atomic mass is 32.2. The summed E-state index contributed by atoms with van der Waals surface area (Å²) in [6, 6.07) is 10.6. The number of hydrogen-bond acceptors (Lipinski definition) is 1. The molecule has 1 heteroatoms. The Labute approximate surface area is 97.5 Å². The third kappa shape index (κ3) is 6.25. The molecule has 0 nitrogen and oxygen atoms in total. The predicted molar refractivity (Wildman–Crippen MR) is 69.1 cm³/mol. The van der Waals surface area contributed by atoms with Crippen molar-refractivity contribution in [1.29, 1.82) is 0 Å². The molecule has 0 atom stereocenters. The Morgan fingerprint density at radius 2 is 1.73 bits per heavy atom. The van der Waals surface area contributed by atoms with Gasteiger partial charge in [-0.3, -0.25) is 0 Å². The quantitative estimate of drug-likeness (QED) is 0.372. The van der Waals surface area contributed by atoms with Crippen LogP contribution in [-0.4, -0.2) is 5.75 Å². The van der Waals surface area contributed by atoms with Crippen LogP contribution in [0.4, 0.5) is 0 Å². The standard InChI is InChI=1S/C14H18S/c1-2-3-4-5-6-10-13-15-14-11-8-7-9-12-14/h1,7-9,11-12H,3-6,10,13H2. The Bertz CT molecular complexity index is 284. The first kappa shape index (κ1) is 12.2. The van der Waals surface area contributed by atoms with Crippen LogP contribution in [0, 0.1) is 12.3 Å². The molecule has 0 saturated carbocycles. The van der Waals surface area contributed by atoms with Gasteiger partial charge >= 0.3 is 0 Å². The third-order valence-electron chi connectivity index (χ3n) is 2.23. The molecule has 0 radical (unpaired) electrons. The smallest absolute Gasteiger partial charge is 0.00860 e. The average molecular weight is 218 g/mol. The number of thioether (sulfide) groups is 1. The SMILES string of the molecule is C#CCCCCCCSc1ccccc1. The average Bonchev–Trinajstić information content (AvgIpc) is 2.29. The van der Waals surface area contributed by atoms with Gasteiger partial charge < -0.3 is 0 Å². The molecule has 0 aromatic heterocycles. The molecule has 0 unspecified atom stereocenters. The van der Waals surface area contributed by atoms with Gasteiger partial charge in [0.1, 0.15) is 0 Å². The van der Waals surface area contributed by atoms with Crippen molar-refractivity contribution >= 4 is 11.8 Å². The van der Waals surface area contributed by atoms with Crippen molar-refractivity contribution in [2.45, 2.75) is 37.0 Å². The van der Waals surface area contributed by atoms with Crippen LogP contribution in [0.3, 0.4) is 0 Å². The van der Waals surface area contributed by atoms with Gasteiger partial charge in [-0.15, -0.1) is 24.1 Å². The summed E-state index contributed by atoms with van der Waals surface area (Å²) in [5.41, 5.74) is 0. The highest BCUT2D eigenvalue weighted by molar-refractivity contribution is 7.99. The largest absolute Gasteiger partial charge is 0.126 e. The van der Waals surface area contributed by atoms with Crippen LogP contribution in [-0.2, 0) is 0 Å². The van der Waals surface area contributed by atoms with E-state index in [0.717, 1.165) is 6.42 Å². The van der Waals surface area contributed by atoms with Gasteiger partial charge in [-0.1, -0.05) is 31.0 Å². The van der Waals surface area contributed by atoms with E-state index in [9.17, 15) is 0 Å². The van der Waals surface area contributed by atoms with E-state index in [4.69, 9.17) is 6.42 Å². The molecule has 0 aliphatic heterocycles. The predicted octanol–water partition coefficient (Wildman–Crippen LogP) is 4.36. The topological polar surface area (TPSA) is 0 Å². The zero-order valence-electron chi connectivity index (χ0n) is 9.11. The van der Waals surface area contributed by atoms with Crippen LogP contribution in [0.5, 0.6) is 0 Å². The number of benzene rings is 1. The van der Waals surface area contributed by atoms with Gasteiger partial charge in [0.05, 0.1) is 0 Å². The van der Waals surface area contributed by atoms with E-state index >= 15 is 0 Å². The van der Waals surface area contributed by atoms with Gasteiger partial charge in [-0.25, -0.2) is 0 Å². The second-order valence-electron chi connectivity index (χ2n) is 3.53. The van der Waals surface area contributed by atoms with Crippen molar-refractivity contribution in [2.75, 3.05) is 5.75 Å². The van der Waals surface area contributed by atoms with Gasteiger partial charge in [0.25, 0.3) is 0 Å². The highest BCUT2D eigenvalue weighted by Gasteiger charge is 1.93. The Hall–Kier alpha value is -0.870. The lowest BCUT2D eigenvalue weighted by molar-refractivity contribution is 0.683. The Morgan fingerprint density at radius 1 is 1.00 bits per heavy atom. The zero-order chi connectivity index (χ0) is 10.8. The summed E-state index contributed by atoms with van der Waals surface area (Å²) >= 11 is 1.94. The van der Waals surface area contributed by atoms with Crippen LogP contribution < -0.4 is 0 Å². The van der Waals surface area contributed by atoms with Crippen molar-refractivity contribution in [2.24, 2.45) is 0 Å². The molecular weight excluding hydrogens is 200 g/mol. The normalized spacial score (nSPS) is 9.80.